The first kappa shape index (κ1) is 12.4. The van der Waals surface area contributed by atoms with Crippen LogP contribution in [0.3, 0.4) is 0 Å². The lowest BCUT2D eigenvalue weighted by Gasteiger charge is -2.23. The fraction of sp³-hybridized carbons (Fsp3) is 0.667. The Bertz CT molecular complexity index is 385. The summed E-state index contributed by atoms with van der Waals surface area (Å²) in [5.41, 5.74) is 0.736. The lowest BCUT2D eigenvalue weighted by Crippen LogP contribution is -2.38. The van der Waals surface area contributed by atoms with Crippen LogP contribution in [0.5, 0.6) is 0 Å². The lowest BCUT2D eigenvalue weighted by molar-refractivity contribution is -0.121. The Balaban J connectivity index is 1.93. The van der Waals surface area contributed by atoms with E-state index in [2.05, 4.69) is 10.3 Å². The molecule has 1 fully saturated rings. The predicted octanol–water partition coefficient (Wildman–Crippen LogP) is 2.15. The van der Waals surface area contributed by atoms with Gasteiger partial charge in [-0.25, -0.2) is 4.98 Å². The minimum absolute atomic E-state index is 0.109. The molecule has 0 aromatic carbocycles. The van der Waals surface area contributed by atoms with Gasteiger partial charge in [-0.3, -0.25) is 4.79 Å². The van der Waals surface area contributed by atoms with E-state index in [0.29, 0.717) is 6.04 Å². The van der Waals surface area contributed by atoms with Gasteiger partial charge in [-0.1, -0.05) is 19.3 Å². The predicted molar refractivity (Wildman–Crippen MR) is 66.8 cm³/mol. The summed E-state index contributed by atoms with van der Waals surface area (Å²) >= 11 is 6.15. The average Bonchev–Trinajstić information content (AvgIpc) is 2.76. The molecule has 1 amide bonds. The van der Waals surface area contributed by atoms with E-state index in [4.69, 9.17) is 11.6 Å². The molecule has 2 rings (SSSR count). The lowest BCUT2D eigenvalue weighted by atomic mass is 9.95. The van der Waals surface area contributed by atoms with Gasteiger partial charge in [-0.15, -0.1) is 11.6 Å². The summed E-state index contributed by atoms with van der Waals surface area (Å²) in [5, 5.41) is 2.37. The highest BCUT2D eigenvalue weighted by molar-refractivity contribution is 6.30. The summed E-state index contributed by atoms with van der Waals surface area (Å²) in [6.45, 7) is 0. The smallest absolute Gasteiger partial charge is 0.244 e. The maximum absolute atomic E-state index is 12.0. The van der Waals surface area contributed by atoms with Crippen molar-refractivity contribution in [2.24, 2.45) is 7.05 Å². The third-order valence-corrected chi connectivity index (χ3v) is 3.72. The van der Waals surface area contributed by atoms with Crippen LogP contribution in [0, 0.1) is 0 Å². The molecule has 1 N–H and O–H groups in total. The largest absolute Gasteiger partial charge is 0.352 e. The minimum atomic E-state index is -0.649. The summed E-state index contributed by atoms with van der Waals surface area (Å²) in [4.78, 5) is 15.9. The molecule has 1 aliphatic rings. The van der Waals surface area contributed by atoms with E-state index >= 15 is 0 Å². The molecular weight excluding hydrogens is 238 g/mol. The number of aromatic nitrogens is 2. The highest BCUT2D eigenvalue weighted by Gasteiger charge is 2.23. The van der Waals surface area contributed by atoms with Crippen molar-refractivity contribution in [1.29, 1.82) is 0 Å². The zero-order valence-electron chi connectivity index (χ0n) is 10.0. The minimum Gasteiger partial charge on any atom is -0.352 e. The van der Waals surface area contributed by atoms with Crippen LogP contribution in [0.4, 0.5) is 0 Å². The van der Waals surface area contributed by atoms with Crippen molar-refractivity contribution in [2.45, 2.75) is 43.5 Å². The number of nitrogens with one attached hydrogen (secondary N) is 1. The molecule has 17 heavy (non-hydrogen) atoms. The number of hydrogen-bond donors (Lipinski definition) is 1. The van der Waals surface area contributed by atoms with Crippen molar-refractivity contribution >= 4 is 17.5 Å². The topological polar surface area (TPSA) is 46.9 Å². The van der Waals surface area contributed by atoms with Crippen LogP contribution in [0.15, 0.2) is 12.5 Å². The number of carbonyl (C=O) groups excluding carboxylic acids is 1. The van der Waals surface area contributed by atoms with Crippen LogP contribution in [0.2, 0.25) is 0 Å². The quantitative estimate of drug-likeness (QED) is 0.842. The number of nitrogens with zero attached hydrogens (tertiary/aromatic N) is 2. The van der Waals surface area contributed by atoms with Gasteiger partial charge < -0.3 is 9.88 Å². The molecule has 0 spiro atoms. The second kappa shape index (κ2) is 5.54. The van der Waals surface area contributed by atoms with Crippen molar-refractivity contribution in [3.8, 4) is 0 Å². The second-order valence-electron chi connectivity index (χ2n) is 4.64. The van der Waals surface area contributed by atoms with Crippen molar-refractivity contribution < 1.29 is 4.79 Å². The third-order valence-electron chi connectivity index (χ3n) is 3.30. The first-order valence-corrected chi connectivity index (χ1v) is 6.53. The molecule has 0 aliphatic heterocycles. The highest BCUT2D eigenvalue weighted by Crippen LogP contribution is 2.22. The molecule has 0 radical (unpaired) electrons. The molecule has 1 atom stereocenters. The van der Waals surface area contributed by atoms with Crippen molar-refractivity contribution in [3.63, 3.8) is 0 Å². The maximum atomic E-state index is 12.0. The van der Waals surface area contributed by atoms with Gasteiger partial charge in [0.25, 0.3) is 0 Å². The van der Waals surface area contributed by atoms with Crippen molar-refractivity contribution in [1.82, 2.24) is 14.9 Å². The van der Waals surface area contributed by atoms with Crippen LogP contribution < -0.4 is 5.32 Å². The van der Waals surface area contributed by atoms with E-state index in [1.54, 1.807) is 17.1 Å². The molecule has 0 saturated heterocycles. The molecule has 94 valence electrons. The van der Waals surface area contributed by atoms with Crippen LogP contribution in [0.25, 0.3) is 0 Å². The number of imidazole rings is 1. The summed E-state index contributed by atoms with van der Waals surface area (Å²) in [7, 11) is 1.84. The molecule has 5 heteroatoms. The zero-order chi connectivity index (χ0) is 12.3. The zero-order valence-corrected chi connectivity index (χ0v) is 10.8. The molecular formula is C12H18ClN3O. The number of hydrogen-bond acceptors (Lipinski definition) is 2. The van der Waals surface area contributed by atoms with E-state index in [9.17, 15) is 4.79 Å². The van der Waals surface area contributed by atoms with E-state index in [1.165, 1.54) is 19.3 Å². The number of halogens is 1. The Hall–Kier alpha value is -1.03. The van der Waals surface area contributed by atoms with Crippen LogP contribution >= 0.6 is 11.6 Å². The van der Waals surface area contributed by atoms with Gasteiger partial charge in [0.15, 0.2) is 5.38 Å². The SMILES string of the molecule is Cn1cncc1C(Cl)C(=O)NC1CCCCC1. The fourth-order valence-electron chi connectivity index (χ4n) is 2.27. The molecule has 4 nitrogen and oxygen atoms in total. The standard InChI is InChI=1S/C12H18ClN3O/c1-16-8-14-7-10(16)11(13)12(17)15-9-5-3-2-4-6-9/h7-9,11H,2-6H2,1H3,(H,15,17). The molecule has 1 aromatic heterocycles. The van der Waals surface area contributed by atoms with E-state index in [-0.39, 0.29) is 5.91 Å². The second-order valence-corrected chi connectivity index (χ2v) is 5.07. The Morgan fingerprint density at radius 3 is 2.82 bits per heavy atom. The number of carbonyl (C=O) groups is 1. The number of amides is 1. The highest BCUT2D eigenvalue weighted by atomic mass is 35.5. The fourth-order valence-corrected chi connectivity index (χ4v) is 2.54. The normalized spacial score (nSPS) is 18.9. The van der Waals surface area contributed by atoms with Gasteiger partial charge in [-0.05, 0) is 12.8 Å². The molecule has 0 bridgehead atoms. The maximum Gasteiger partial charge on any atom is 0.244 e. The van der Waals surface area contributed by atoms with E-state index < -0.39 is 5.38 Å². The Labute approximate surface area is 106 Å². The number of alkyl halides is 1. The third kappa shape index (κ3) is 3.00. The average molecular weight is 256 g/mol. The Morgan fingerprint density at radius 2 is 2.24 bits per heavy atom. The Kier molecular flexibility index (Phi) is 4.05. The van der Waals surface area contributed by atoms with Gasteiger partial charge in [0.1, 0.15) is 0 Å². The van der Waals surface area contributed by atoms with Gasteiger partial charge in [-0.2, -0.15) is 0 Å². The van der Waals surface area contributed by atoms with Crippen LogP contribution in [-0.4, -0.2) is 21.5 Å². The molecule has 1 aromatic rings. The monoisotopic (exact) mass is 255 g/mol. The van der Waals surface area contributed by atoms with Gasteiger partial charge in [0, 0.05) is 13.1 Å². The van der Waals surface area contributed by atoms with Crippen molar-refractivity contribution in [3.05, 3.63) is 18.2 Å². The summed E-state index contributed by atoms with van der Waals surface area (Å²) in [6, 6.07) is 0.297. The number of aryl methyl sites for hydroxylation is 1. The molecule has 1 aliphatic carbocycles. The molecule has 1 saturated carbocycles. The number of rotatable bonds is 3. The van der Waals surface area contributed by atoms with Crippen LogP contribution in [0.1, 0.15) is 43.2 Å². The Morgan fingerprint density at radius 1 is 1.53 bits per heavy atom. The van der Waals surface area contributed by atoms with Gasteiger partial charge in [0.05, 0.1) is 18.2 Å². The molecule has 1 unspecified atom stereocenters. The van der Waals surface area contributed by atoms with Gasteiger partial charge in [0.2, 0.25) is 5.91 Å². The van der Waals surface area contributed by atoms with Crippen molar-refractivity contribution in [2.75, 3.05) is 0 Å². The van der Waals surface area contributed by atoms with E-state index in [0.717, 1.165) is 18.5 Å². The van der Waals surface area contributed by atoms with Crippen LogP contribution in [-0.2, 0) is 11.8 Å². The summed E-state index contributed by atoms with van der Waals surface area (Å²) < 4.78 is 1.78. The van der Waals surface area contributed by atoms with Gasteiger partial charge >= 0.3 is 0 Å². The summed E-state index contributed by atoms with van der Waals surface area (Å²) in [5.74, 6) is -0.109. The van der Waals surface area contributed by atoms with E-state index in [1.807, 2.05) is 7.05 Å². The first-order chi connectivity index (χ1) is 8.18. The summed E-state index contributed by atoms with van der Waals surface area (Å²) in [6.07, 6.45) is 9.10. The first-order valence-electron chi connectivity index (χ1n) is 6.09. The molecule has 1 heterocycles.